The molecule has 0 aliphatic heterocycles. The number of carbonyl (C=O) groups excluding carboxylic acids is 1. The summed E-state index contributed by atoms with van der Waals surface area (Å²) in [5.74, 6) is -4.01. The minimum atomic E-state index is -4.49. The molecule has 0 aliphatic rings. The first-order valence-corrected chi connectivity index (χ1v) is 14.3. The van der Waals surface area contributed by atoms with Gasteiger partial charge in [-0.25, -0.2) is 13.8 Å². The molecule has 15 heteroatoms. The third kappa shape index (κ3) is 6.94. The van der Waals surface area contributed by atoms with Crippen molar-refractivity contribution in [3.8, 4) is 22.9 Å². The number of hydrogen-bond acceptors (Lipinski definition) is 7. The first kappa shape index (κ1) is 30.7. The van der Waals surface area contributed by atoms with E-state index >= 15 is 4.39 Å². The third-order valence-corrected chi connectivity index (χ3v) is 7.30. The Morgan fingerprint density at radius 2 is 1.81 bits per heavy atom. The molecule has 0 spiro atoms. The number of aromatic nitrogens is 2. The van der Waals surface area contributed by atoms with Gasteiger partial charge in [0.1, 0.15) is 33.8 Å². The second-order valence-electron chi connectivity index (χ2n) is 8.72. The summed E-state index contributed by atoms with van der Waals surface area (Å²) in [6, 6.07) is 11.3. The van der Waals surface area contributed by atoms with Gasteiger partial charge >= 0.3 is 7.60 Å². The van der Waals surface area contributed by atoms with Gasteiger partial charge in [-0.2, -0.15) is 0 Å². The first-order valence-electron chi connectivity index (χ1n) is 12.3. The molecule has 4 N–H and O–H groups in total. The molecule has 4 rings (SSSR count). The largest absolute Gasteiger partial charge is 0.493 e. The molecule has 0 fully saturated rings. The van der Waals surface area contributed by atoms with Crippen LogP contribution in [-0.2, 0) is 4.57 Å². The van der Waals surface area contributed by atoms with Crippen LogP contribution in [0.4, 0.5) is 20.3 Å². The second-order valence-corrected chi connectivity index (χ2v) is 11.1. The fourth-order valence-corrected chi connectivity index (χ4v) is 4.17. The quantitative estimate of drug-likeness (QED) is 0.167. The number of anilines is 2. The lowest BCUT2D eigenvalue weighted by atomic mass is 10.2. The number of pyridine rings is 2. The van der Waals surface area contributed by atoms with E-state index in [0.29, 0.717) is 5.69 Å². The van der Waals surface area contributed by atoms with Crippen LogP contribution >= 0.6 is 19.2 Å². The second kappa shape index (κ2) is 12.7. The maximum atomic E-state index is 15.0. The number of nitrogens with zero attached hydrogens (tertiary/aromatic N) is 2. The van der Waals surface area contributed by atoms with Crippen LogP contribution in [0, 0.1) is 11.6 Å². The van der Waals surface area contributed by atoms with Gasteiger partial charge in [-0.15, -0.1) is 0 Å². The normalized spacial score (nSPS) is 12.0. The van der Waals surface area contributed by atoms with Gasteiger partial charge in [-0.1, -0.05) is 11.6 Å². The summed E-state index contributed by atoms with van der Waals surface area (Å²) in [4.78, 5) is 49.0. The molecule has 0 bridgehead atoms. The topological polar surface area (TPSA) is 152 Å². The van der Waals surface area contributed by atoms with E-state index in [1.165, 1.54) is 67.8 Å². The number of benzene rings is 2. The van der Waals surface area contributed by atoms with Crippen LogP contribution in [0.5, 0.6) is 17.2 Å². The Morgan fingerprint density at radius 3 is 2.45 bits per heavy atom. The SMILES string of the molecule is CCOc1ccn(-c2ccc(F)cc2)c(=O)c1C(=O)Nc1ccc(Oc2ccnc(NC(C)P(=O)(O)O)c2Cl)c(F)c1. The number of carbonyl (C=O) groups is 1. The molecule has 220 valence electrons. The van der Waals surface area contributed by atoms with Crippen LogP contribution in [0.25, 0.3) is 5.69 Å². The maximum Gasteiger partial charge on any atom is 0.347 e. The fraction of sp³-hybridized carbons (Fsp3) is 0.148. The number of amides is 1. The van der Waals surface area contributed by atoms with Crippen LogP contribution in [0.1, 0.15) is 24.2 Å². The van der Waals surface area contributed by atoms with E-state index in [0.717, 1.165) is 10.6 Å². The highest BCUT2D eigenvalue weighted by atomic mass is 35.5. The van der Waals surface area contributed by atoms with Crippen molar-refractivity contribution >= 4 is 36.6 Å². The monoisotopic (exact) mass is 620 g/mol. The van der Waals surface area contributed by atoms with Crippen LogP contribution in [0.3, 0.4) is 0 Å². The molecule has 2 aromatic carbocycles. The lowest BCUT2D eigenvalue weighted by Gasteiger charge is -2.18. The average molecular weight is 621 g/mol. The minimum Gasteiger partial charge on any atom is -0.493 e. The Balaban J connectivity index is 1.57. The Labute approximate surface area is 242 Å². The van der Waals surface area contributed by atoms with Crippen molar-refractivity contribution in [1.29, 1.82) is 0 Å². The molecule has 0 aliphatic carbocycles. The van der Waals surface area contributed by atoms with Gasteiger partial charge in [0.25, 0.3) is 11.5 Å². The molecule has 2 heterocycles. The molecular formula is C27H24ClF2N4O7P. The van der Waals surface area contributed by atoms with Crippen molar-refractivity contribution in [1.82, 2.24) is 9.55 Å². The van der Waals surface area contributed by atoms with Crippen molar-refractivity contribution in [3.63, 3.8) is 0 Å². The maximum absolute atomic E-state index is 15.0. The summed E-state index contributed by atoms with van der Waals surface area (Å²) in [5, 5.41) is 4.80. The summed E-state index contributed by atoms with van der Waals surface area (Å²) < 4.78 is 52.0. The molecule has 2 aromatic heterocycles. The summed E-state index contributed by atoms with van der Waals surface area (Å²) in [7, 11) is -4.49. The zero-order valence-corrected chi connectivity index (χ0v) is 23.7. The van der Waals surface area contributed by atoms with E-state index in [2.05, 4.69) is 15.6 Å². The van der Waals surface area contributed by atoms with Gasteiger partial charge in [0.05, 0.1) is 6.61 Å². The van der Waals surface area contributed by atoms with Gasteiger partial charge in [0.15, 0.2) is 17.3 Å². The highest BCUT2D eigenvalue weighted by molar-refractivity contribution is 7.52. The van der Waals surface area contributed by atoms with Crippen molar-refractivity contribution < 1.29 is 37.4 Å². The van der Waals surface area contributed by atoms with Crippen molar-refractivity contribution in [2.45, 2.75) is 19.6 Å². The van der Waals surface area contributed by atoms with E-state index in [4.69, 9.17) is 21.1 Å². The molecular weight excluding hydrogens is 597 g/mol. The smallest absolute Gasteiger partial charge is 0.347 e. The van der Waals surface area contributed by atoms with E-state index in [1.807, 2.05) is 0 Å². The lowest BCUT2D eigenvalue weighted by molar-refractivity contribution is 0.102. The molecule has 4 aromatic rings. The average Bonchev–Trinajstić information content (AvgIpc) is 2.92. The number of ether oxygens (including phenoxy) is 2. The lowest BCUT2D eigenvalue weighted by Crippen LogP contribution is -2.29. The summed E-state index contributed by atoms with van der Waals surface area (Å²) >= 11 is 6.25. The number of nitrogens with one attached hydrogen (secondary N) is 2. The highest BCUT2D eigenvalue weighted by Gasteiger charge is 2.26. The molecule has 0 saturated carbocycles. The molecule has 1 atom stereocenters. The molecule has 42 heavy (non-hydrogen) atoms. The Hall–Kier alpha value is -4.29. The van der Waals surface area contributed by atoms with Gasteiger partial charge in [-0.3, -0.25) is 18.7 Å². The van der Waals surface area contributed by atoms with E-state index in [-0.39, 0.29) is 45.9 Å². The van der Waals surface area contributed by atoms with Gasteiger partial charge in [0.2, 0.25) is 0 Å². The van der Waals surface area contributed by atoms with Crippen molar-refractivity contribution in [2.75, 3.05) is 17.2 Å². The Morgan fingerprint density at radius 1 is 1.10 bits per heavy atom. The third-order valence-electron chi connectivity index (χ3n) is 5.80. The fourth-order valence-electron chi connectivity index (χ4n) is 3.67. The molecule has 0 saturated heterocycles. The van der Waals surface area contributed by atoms with E-state index in [9.17, 15) is 28.3 Å². The van der Waals surface area contributed by atoms with E-state index < -0.39 is 36.5 Å². The highest BCUT2D eigenvalue weighted by Crippen LogP contribution is 2.43. The Kier molecular flexibility index (Phi) is 9.27. The summed E-state index contributed by atoms with van der Waals surface area (Å²) in [6.45, 7) is 3.07. The number of rotatable bonds is 10. The van der Waals surface area contributed by atoms with Crippen molar-refractivity contribution in [2.24, 2.45) is 0 Å². The van der Waals surface area contributed by atoms with E-state index in [1.54, 1.807) is 6.92 Å². The molecule has 1 unspecified atom stereocenters. The minimum absolute atomic E-state index is 0.00333. The zero-order valence-electron chi connectivity index (χ0n) is 22.0. The van der Waals surface area contributed by atoms with Crippen LogP contribution < -0.4 is 25.7 Å². The number of halogens is 3. The summed E-state index contributed by atoms with van der Waals surface area (Å²) in [6.07, 6.45) is 2.64. The molecule has 11 nitrogen and oxygen atoms in total. The Bertz CT molecular complexity index is 1730. The standard InChI is InChI=1S/C27H24ClF2N4O7P/c1-3-40-21-11-13-34(18-7-4-16(29)5-8-18)27(36)23(21)26(35)33-17-6-9-20(19(30)14-17)41-22-10-12-31-25(24(22)28)32-15(2)42(37,38)39/h4-15H,3H2,1-2H3,(H,31,32)(H,33,35)(H2,37,38,39). The predicted octanol–water partition coefficient (Wildman–Crippen LogP) is 5.54. The van der Waals surface area contributed by atoms with Gasteiger partial charge < -0.3 is 29.9 Å². The predicted molar refractivity (Wildman–Crippen MR) is 152 cm³/mol. The van der Waals surface area contributed by atoms with Crippen LogP contribution in [0.15, 0.2) is 71.8 Å². The zero-order chi connectivity index (χ0) is 30.6. The van der Waals surface area contributed by atoms with Crippen LogP contribution in [0.2, 0.25) is 5.02 Å². The van der Waals surface area contributed by atoms with Crippen LogP contribution in [-0.4, -0.2) is 37.6 Å². The summed E-state index contributed by atoms with van der Waals surface area (Å²) in [5.41, 5.74) is -0.786. The molecule has 1 amide bonds. The number of hydrogen-bond donors (Lipinski definition) is 4. The first-order chi connectivity index (χ1) is 19.9. The van der Waals surface area contributed by atoms with Gasteiger partial charge in [0, 0.05) is 35.9 Å². The van der Waals surface area contributed by atoms with Gasteiger partial charge in [-0.05, 0) is 56.3 Å². The molecule has 0 radical (unpaired) electrons. The van der Waals surface area contributed by atoms with Crippen molar-refractivity contribution in [3.05, 3.63) is 99.6 Å².